The summed E-state index contributed by atoms with van der Waals surface area (Å²) in [6, 6.07) is 14.6. The SMILES string of the molecule is COC(=O)c1ccccc1NC=C(C#N)c1nc(-c2ccc(OC)c(OC)c2)cs1. The molecule has 2 aromatic carbocycles. The molecular formula is C22H19N3O4S. The minimum absolute atomic E-state index is 0.339. The van der Waals surface area contributed by atoms with Crippen molar-refractivity contribution in [3.63, 3.8) is 0 Å². The first kappa shape index (κ1) is 20.9. The number of hydrogen-bond acceptors (Lipinski definition) is 8. The fourth-order valence-electron chi connectivity index (χ4n) is 2.71. The number of esters is 1. The number of ether oxygens (including phenoxy) is 3. The number of nitrogens with one attached hydrogen (secondary N) is 1. The standard InChI is InChI=1S/C22H19N3O4S/c1-27-19-9-8-14(10-20(19)28-2)18-13-30-21(25-18)15(11-23)12-24-17-7-5-4-6-16(17)22(26)29-3/h4-10,12-13,24H,1-3H3. The predicted molar refractivity (Wildman–Crippen MR) is 116 cm³/mol. The molecule has 0 amide bonds. The van der Waals surface area contributed by atoms with Crippen molar-refractivity contribution >= 4 is 28.6 Å². The van der Waals surface area contributed by atoms with E-state index in [4.69, 9.17) is 14.2 Å². The first-order valence-corrected chi connectivity index (χ1v) is 9.71. The highest BCUT2D eigenvalue weighted by Crippen LogP contribution is 2.33. The highest BCUT2D eigenvalue weighted by Gasteiger charge is 2.13. The van der Waals surface area contributed by atoms with Gasteiger partial charge in [0, 0.05) is 17.1 Å². The van der Waals surface area contributed by atoms with Crippen molar-refractivity contribution in [3.8, 4) is 28.8 Å². The maximum absolute atomic E-state index is 11.9. The highest BCUT2D eigenvalue weighted by molar-refractivity contribution is 7.11. The summed E-state index contributed by atoms with van der Waals surface area (Å²) in [5, 5.41) is 15.0. The van der Waals surface area contributed by atoms with Gasteiger partial charge in [0.05, 0.1) is 38.3 Å². The van der Waals surface area contributed by atoms with Gasteiger partial charge in [-0.05, 0) is 30.3 Å². The van der Waals surface area contributed by atoms with Crippen LogP contribution in [-0.2, 0) is 4.74 Å². The zero-order valence-corrected chi connectivity index (χ0v) is 17.4. The fraction of sp³-hybridized carbons (Fsp3) is 0.136. The molecule has 3 aromatic rings. The molecule has 0 spiro atoms. The molecule has 0 aliphatic carbocycles. The molecule has 152 valence electrons. The zero-order valence-electron chi connectivity index (χ0n) is 16.6. The highest BCUT2D eigenvalue weighted by atomic mass is 32.1. The first-order chi connectivity index (χ1) is 14.6. The number of nitriles is 1. The normalized spacial score (nSPS) is 10.8. The molecule has 0 atom stereocenters. The van der Waals surface area contributed by atoms with Crippen molar-refractivity contribution in [3.05, 3.63) is 64.6 Å². The second-order valence-corrected chi connectivity index (χ2v) is 6.82. The molecule has 30 heavy (non-hydrogen) atoms. The second kappa shape index (κ2) is 9.58. The Morgan fingerprint density at radius 1 is 1.13 bits per heavy atom. The van der Waals surface area contributed by atoms with Crippen molar-refractivity contribution < 1.29 is 19.0 Å². The van der Waals surface area contributed by atoms with Crippen LogP contribution in [0.25, 0.3) is 16.8 Å². The number of aromatic nitrogens is 1. The van der Waals surface area contributed by atoms with E-state index in [1.165, 1.54) is 24.6 Å². The Hall–Kier alpha value is -3.83. The van der Waals surface area contributed by atoms with E-state index in [0.29, 0.717) is 39.0 Å². The number of anilines is 1. The summed E-state index contributed by atoms with van der Waals surface area (Å²) in [4.78, 5) is 16.5. The minimum Gasteiger partial charge on any atom is -0.493 e. The molecule has 0 fully saturated rings. The van der Waals surface area contributed by atoms with E-state index in [2.05, 4.69) is 16.4 Å². The average Bonchev–Trinajstić information content (AvgIpc) is 3.28. The lowest BCUT2D eigenvalue weighted by atomic mass is 10.1. The third kappa shape index (κ3) is 4.42. The smallest absolute Gasteiger partial charge is 0.339 e. The van der Waals surface area contributed by atoms with E-state index in [-0.39, 0.29) is 0 Å². The Kier molecular flexibility index (Phi) is 6.67. The van der Waals surface area contributed by atoms with Crippen LogP contribution in [0.2, 0.25) is 0 Å². The Bertz CT molecular complexity index is 1130. The minimum atomic E-state index is -0.463. The maximum Gasteiger partial charge on any atom is 0.339 e. The Balaban J connectivity index is 1.87. The van der Waals surface area contributed by atoms with Crippen molar-refractivity contribution in [2.75, 3.05) is 26.6 Å². The van der Waals surface area contributed by atoms with Gasteiger partial charge < -0.3 is 19.5 Å². The van der Waals surface area contributed by atoms with E-state index in [0.717, 1.165) is 5.56 Å². The summed E-state index contributed by atoms with van der Waals surface area (Å²) < 4.78 is 15.4. The van der Waals surface area contributed by atoms with Crippen LogP contribution in [0.1, 0.15) is 15.4 Å². The summed E-state index contributed by atoms with van der Waals surface area (Å²) in [5.74, 6) is 0.763. The summed E-state index contributed by atoms with van der Waals surface area (Å²) in [7, 11) is 4.47. The quantitative estimate of drug-likeness (QED) is 0.440. The summed E-state index contributed by atoms with van der Waals surface area (Å²) >= 11 is 1.35. The van der Waals surface area contributed by atoms with Gasteiger partial charge in [-0.25, -0.2) is 9.78 Å². The van der Waals surface area contributed by atoms with Crippen LogP contribution in [0.5, 0.6) is 11.5 Å². The lowest BCUT2D eigenvalue weighted by Gasteiger charge is -2.08. The molecule has 1 N–H and O–H groups in total. The number of hydrogen-bond donors (Lipinski definition) is 1. The predicted octanol–water partition coefficient (Wildman–Crippen LogP) is 4.59. The van der Waals surface area contributed by atoms with Gasteiger partial charge in [0.1, 0.15) is 16.6 Å². The van der Waals surface area contributed by atoms with Gasteiger partial charge in [-0.15, -0.1) is 11.3 Å². The molecular weight excluding hydrogens is 402 g/mol. The molecule has 0 saturated carbocycles. The topological polar surface area (TPSA) is 93.5 Å². The van der Waals surface area contributed by atoms with Gasteiger partial charge in [0.25, 0.3) is 0 Å². The van der Waals surface area contributed by atoms with Crippen LogP contribution in [-0.4, -0.2) is 32.3 Å². The van der Waals surface area contributed by atoms with E-state index in [1.807, 2.05) is 17.5 Å². The number of para-hydroxylation sites is 1. The van der Waals surface area contributed by atoms with Crippen LogP contribution in [0.4, 0.5) is 5.69 Å². The molecule has 0 aliphatic rings. The maximum atomic E-state index is 11.9. The van der Waals surface area contributed by atoms with Crippen LogP contribution in [0, 0.1) is 11.3 Å². The zero-order chi connectivity index (χ0) is 21.5. The molecule has 0 aliphatic heterocycles. The number of methoxy groups -OCH3 is 3. The molecule has 0 bridgehead atoms. The lowest BCUT2D eigenvalue weighted by Crippen LogP contribution is -2.05. The summed E-state index contributed by atoms with van der Waals surface area (Å²) in [6.45, 7) is 0. The lowest BCUT2D eigenvalue weighted by molar-refractivity contribution is 0.0602. The third-order valence-electron chi connectivity index (χ3n) is 4.24. The number of nitrogens with zero attached hydrogens (tertiary/aromatic N) is 2. The van der Waals surface area contributed by atoms with Crippen molar-refractivity contribution in [1.29, 1.82) is 5.26 Å². The Morgan fingerprint density at radius 3 is 2.60 bits per heavy atom. The number of thiazole rings is 1. The first-order valence-electron chi connectivity index (χ1n) is 8.83. The molecule has 3 rings (SSSR count). The second-order valence-electron chi connectivity index (χ2n) is 5.96. The van der Waals surface area contributed by atoms with Crippen molar-refractivity contribution in [1.82, 2.24) is 4.98 Å². The number of rotatable bonds is 7. The third-order valence-corrected chi connectivity index (χ3v) is 5.11. The van der Waals surface area contributed by atoms with E-state index in [9.17, 15) is 10.1 Å². The van der Waals surface area contributed by atoms with Gasteiger partial charge in [-0.3, -0.25) is 0 Å². The molecule has 1 heterocycles. The van der Waals surface area contributed by atoms with Crippen molar-refractivity contribution in [2.24, 2.45) is 0 Å². The molecule has 7 nitrogen and oxygen atoms in total. The molecule has 1 aromatic heterocycles. The molecule has 8 heteroatoms. The number of carbonyl (C=O) groups is 1. The fourth-order valence-corrected chi connectivity index (χ4v) is 3.51. The van der Waals surface area contributed by atoms with Gasteiger partial charge in [0.15, 0.2) is 11.5 Å². The largest absolute Gasteiger partial charge is 0.493 e. The molecule has 0 unspecified atom stereocenters. The monoisotopic (exact) mass is 421 g/mol. The van der Waals surface area contributed by atoms with E-state index >= 15 is 0 Å². The molecule has 0 saturated heterocycles. The van der Waals surface area contributed by atoms with Crippen LogP contribution < -0.4 is 14.8 Å². The van der Waals surface area contributed by atoms with Crippen LogP contribution >= 0.6 is 11.3 Å². The number of carbonyl (C=O) groups excluding carboxylic acids is 1. The summed E-state index contributed by atoms with van der Waals surface area (Å²) in [6.07, 6.45) is 1.53. The van der Waals surface area contributed by atoms with Gasteiger partial charge in [0.2, 0.25) is 0 Å². The van der Waals surface area contributed by atoms with Crippen LogP contribution in [0.3, 0.4) is 0 Å². The van der Waals surface area contributed by atoms with Crippen molar-refractivity contribution in [2.45, 2.75) is 0 Å². The average molecular weight is 421 g/mol. The van der Waals surface area contributed by atoms with E-state index < -0.39 is 5.97 Å². The summed E-state index contributed by atoms with van der Waals surface area (Å²) in [5.41, 5.74) is 2.81. The van der Waals surface area contributed by atoms with Crippen LogP contribution in [0.15, 0.2) is 54.0 Å². The van der Waals surface area contributed by atoms with Gasteiger partial charge >= 0.3 is 5.97 Å². The van der Waals surface area contributed by atoms with Gasteiger partial charge in [-0.2, -0.15) is 5.26 Å². The Labute approximate surface area is 178 Å². The Morgan fingerprint density at radius 2 is 1.90 bits per heavy atom. The van der Waals surface area contributed by atoms with Gasteiger partial charge in [-0.1, -0.05) is 12.1 Å². The van der Waals surface area contributed by atoms with E-state index in [1.54, 1.807) is 44.6 Å². The number of allylic oxidation sites excluding steroid dienone is 1. The number of benzene rings is 2. The molecule has 0 radical (unpaired) electrons.